The molecule has 0 fully saturated rings. The van der Waals surface area contributed by atoms with E-state index in [0.29, 0.717) is 13.1 Å². The van der Waals surface area contributed by atoms with E-state index in [4.69, 9.17) is 4.74 Å². The standard InChI is InChI=1S/C22H26N4O2/c1-22(2,3)19-10-6-7-11-20(19)28-14-21(27)24-12-17-8-4-5-9-18(17)13-26-16-23-15-25-26/h4-11,15-16H,12-14H2,1-3H3,(H,24,27). The van der Waals surface area contributed by atoms with Gasteiger partial charge in [0.15, 0.2) is 6.61 Å². The van der Waals surface area contributed by atoms with Gasteiger partial charge >= 0.3 is 0 Å². The van der Waals surface area contributed by atoms with Crippen molar-refractivity contribution in [1.82, 2.24) is 20.1 Å². The monoisotopic (exact) mass is 378 g/mol. The summed E-state index contributed by atoms with van der Waals surface area (Å²) in [6.07, 6.45) is 3.19. The van der Waals surface area contributed by atoms with Crippen LogP contribution in [0.4, 0.5) is 0 Å². The van der Waals surface area contributed by atoms with Crippen LogP contribution in [0.25, 0.3) is 0 Å². The summed E-state index contributed by atoms with van der Waals surface area (Å²) in [6, 6.07) is 15.8. The SMILES string of the molecule is CC(C)(C)c1ccccc1OCC(=O)NCc1ccccc1Cn1cncn1. The van der Waals surface area contributed by atoms with Crippen molar-refractivity contribution < 1.29 is 9.53 Å². The summed E-state index contributed by atoms with van der Waals surface area (Å²) in [4.78, 5) is 16.3. The Bertz CT molecular complexity index is 914. The van der Waals surface area contributed by atoms with Crippen molar-refractivity contribution in [3.63, 3.8) is 0 Å². The summed E-state index contributed by atoms with van der Waals surface area (Å²) >= 11 is 0. The summed E-state index contributed by atoms with van der Waals surface area (Å²) < 4.78 is 7.55. The molecule has 28 heavy (non-hydrogen) atoms. The van der Waals surface area contributed by atoms with Gasteiger partial charge in [-0.1, -0.05) is 63.2 Å². The molecule has 1 heterocycles. The summed E-state index contributed by atoms with van der Waals surface area (Å²) in [6.45, 7) is 7.41. The second-order valence-electron chi connectivity index (χ2n) is 7.67. The molecule has 3 rings (SSSR count). The van der Waals surface area contributed by atoms with Crippen molar-refractivity contribution >= 4 is 5.91 Å². The average Bonchev–Trinajstić information content (AvgIpc) is 3.18. The molecule has 1 amide bonds. The topological polar surface area (TPSA) is 69.0 Å². The van der Waals surface area contributed by atoms with E-state index in [1.54, 1.807) is 11.0 Å². The molecule has 0 aliphatic rings. The lowest BCUT2D eigenvalue weighted by molar-refractivity contribution is -0.123. The Morgan fingerprint density at radius 1 is 1.07 bits per heavy atom. The number of nitrogens with one attached hydrogen (secondary N) is 1. The maximum absolute atomic E-state index is 12.3. The highest BCUT2D eigenvalue weighted by Gasteiger charge is 2.18. The van der Waals surface area contributed by atoms with Crippen molar-refractivity contribution in [2.24, 2.45) is 0 Å². The van der Waals surface area contributed by atoms with E-state index in [1.807, 2.05) is 48.5 Å². The van der Waals surface area contributed by atoms with Crippen LogP contribution in [0.1, 0.15) is 37.5 Å². The lowest BCUT2D eigenvalue weighted by atomic mass is 9.86. The summed E-state index contributed by atoms with van der Waals surface area (Å²) in [5.74, 6) is 0.594. The Hall–Kier alpha value is -3.15. The highest BCUT2D eigenvalue weighted by Crippen LogP contribution is 2.30. The van der Waals surface area contributed by atoms with Crippen LogP contribution in [0.3, 0.4) is 0 Å². The number of para-hydroxylation sites is 1. The first-order chi connectivity index (χ1) is 13.4. The zero-order valence-electron chi connectivity index (χ0n) is 16.6. The molecule has 0 atom stereocenters. The van der Waals surface area contributed by atoms with Gasteiger partial charge in [-0.3, -0.25) is 4.79 Å². The smallest absolute Gasteiger partial charge is 0.258 e. The van der Waals surface area contributed by atoms with Crippen molar-refractivity contribution in [3.05, 3.63) is 77.9 Å². The molecule has 146 valence electrons. The molecule has 6 heteroatoms. The molecule has 0 unspecified atom stereocenters. The number of aromatic nitrogens is 3. The van der Waals surface area contributed by atoms with Crippen LogP contribution in [-0.4, -0.2) is 27.3 Å². The molecule has 1 aromatic heterocycles. The predicted molar refractivity (Wildman–Crippen MR) is 108 cm³/mol. The minimum absolute atomic E-state index is 0.0155. The van der Waals surface area contributed by atoms with E-state index in [1.165, 1.54) is 6.33 Å². The number of amides is 1. The third kappa shape index (κ3) is 5.19. The quantitative estimate of drug-likeness (QED) is 0.685. The van der Waals surface area contributed by atoms with Crippen LogP contribution in [-0.2, 0) is 23.3 Å². The van der Waals surface area contributed by atoms with Crippen LogP contribution >= 0.6 is 0 Å². The van der Waals surface area contributed by atoms with E-state index in [2.05, 4.69) is 36.2 Å². The molecule has 0 saturated carbocycles. The normalized spacial score (nSPS) is 11.2. The molecule has 0 saturated heterocycles. The number of hydrogen-bond acceptors (Lipinski definition) is 4. The van der Waals surface area contributed by atoms with Crippen LogP contribution in [0.2, 0.25) is 0 Å². The molecule has 0 aliphatic carbocycles. The van der Waals surface area contributed by atoms with Crippen LogP contribution < -0.4 is 10.1 Å². The lowest BCUT2D eigenvalue weighted by Crippen LogP contribution is -2.29. The third-order valence-electron chi connectivity index (χ3n) is 4.45. The zero-order chi connectivity index (χ0) is 20.0. The Kier molecular flexibility index (Phi) is 6.09. The van der Waals surface area contributed by atoms with E-state index < -0.39 is 0 Å². The van der Waals surface area contributed by atoms with Gasteiger partial charge in [-0.15, -0.1) is 0 Å². The number of rotatable bonds is 7. The number of nitrogens with zero attached hydrogens (tertiary/aromatic N) is 3. The first-order valence-corrected chi connectivity index (χ1v) is 9.31. The van der Waals surface area contributed by atoms with Gasteiger partial charge in [0.05, 0.1) is 6.54 Å². The Morgan fingerprint density at radius 2 is 1.79 bits per heavy atom. The van der Waals surface area contributed by atoms with Crippen molar-refractivity contribution in [2.45, 2.75) is 39.3 Å². The summed E-state index contributed by atoms with van der Waals surface area (Å²) in [5, 5.41) is 7.08. The Labute approximate surface area is 165 Å². The third-order valence-corrected chi connectivity index (χ3v) is 4.45. The zero-order valence-corrected chi connectivity index (χ0v) is 16.6. The van der Waals surface area contributed by atoms with Crippen LogP contribution in [0.15, 0.2) is 61.2 Å². The van der Waals surface area contributed by atoms with Gasteiger partial charge < -0.3 is 10.1 Å². The van der Waals surface area contributed by atoms with E-state index in [0.717, 1.165) is 22.4 Å². The number of carbonyl (C=O) groups is 1. The van der Waals surface area contributed by atoms with Crippen molar-refractivity contribution in [3.8, 4) is 5.75 Å². The number of ether oxygens (including phenoxy) is 1. The Morgan fingerprint density at radius 3 is 2.50 bits per heavy atom. The fourth-order valence-corrected chi connectivity index (χ4v) is 2.97. The lowest BCUT2D eigenvalue weighted by Gasteiger charge is -2.22. The largest absolute Gasteiger partial charge is 0.483 e. The van der Waals surface area contributed by atoms with Gasteiger partial charge in [0.1, 0.15) is 18.4 Å². The molecular weight excluding hydrogens is 352 g/mol. The molecule has 0 spiro atoms. The van der Waals surface area contributed by atoms with Gasteiger partial charge in [-0.2, -0.15) is 5.10 Å². The molecule has 6 nitrogen and oxygen atoms in total. The van der Waals surface area contributed by atoms with Gasteiger partial charge in [0.25, 0.3) is 5.91 Å². The predicted octanol–water partition coefficient (Wildman–Crippen LogP) is 3.32. The van der Waals surface area contributed by atoms with E-state index in [-0.39, 0.29) is 17.9 Å². The average molecular weight is 378 g/mol. The highest BCUT2D eigenvalue weighted by atomic mass is 16.5. The van der Waals surface area contributed by atoms with Gasteiger partial charge in [0.2, 0.25) is 0 Å². The van der Waals surface area contributed by atoms with Gasteiger partial charge in [0, 0.05) is 6.54 Å². The molecule has 0 radical (unpaired) electrons. The second kappa shape index (κ2) is 8.69. The first-order valence-electron chi connectivity index (χ1n) is 9.31. The van der Waals surface area contributed by atoms with Crippen molar-refractivity contribution in [1.29, 1.82) is 0 Å². The molecule has 1 N–H and O–H groups in total. The number of benzene rings is 2. The maximum atomic E-state index is 12.3. The summed E-state index contributed by atoms with van der Waals surface area (Å²) in [7, 11) is 0. The number of hydrogen-bond donors (Lipinski definition) is 1. The second-order valence-corrected chi connectivity index (χ2v) is 7.67. The van der Waals surface area contributed by atoms with E-state index >= 15 is 0 Å². The minimum atomic E-state index is -0.153. The molecule has 0 bridgehead atoms. The minimum Gasteiger partial charge on any atom is -0.483 e. The fourth-order valence-electron chi connectivity index (χ4n) is 2.97. The van der Waals surface area contributed by atoms with Crippen LogP contribution in [0.5, 0.6) is 5.75 Å². The van der Waals surface area contributed by atoms with Gasteiger partial charge in [-0.25, -0.2) is 9.67 Å². The fraction of sp³-hybridized carbons (Fsp3) is 0.318. The molecule has 0 aliphatic heterocycles. The molecule has 3 aromatic rings. The summed E-state index contributed by atoms with van der Waals surface area (Å²) in [5.41, 5.74) is 3.17. The van der Waals surface area contributed by atoms with Gasteiger partial charge in [-0.05, 0) is 28.2 Å². The molecular formula is C22H26N4O2. The van der Waals surface area contributed by atoms with Crippen molar-refractivity contribution in [2.75, 3.05) is 6.61 Å². The highest BCUT2D eigenvalue weighted by molar-refractivity contribution is 5.77. The maximum Gasteiger partial charge on any atom is 0.258 e. The Balaban J connectivity index is 1.57. The van der Waals surface area contributed by atoms with Crippen LogP contribution in [0, 0.1) is 0 Å². The van der Waals surface area contributed by atoms with E-state index in [9.17, 15) is 4.79 Å². The number of carbonyl (C=O) groups excluding carboxylic acids is 1. The first kappa shape index (κ1) is 19.6. The molecule has 2 aromatic carbocycles.